The van der Waals surface area contributed by atoms with Crippen molar-refractivity contribution in [1.82, 2.24) is 15.0 Å². The number of aromatic nitrogens is 3. The number of hydrogen-bond donors (Lipinski definition) is 0. The molecular formula is C13H14N4O2. The molecule has 2 heterocycles. The highest BCUT2D eigenvalue weighted by Gasteiger charge is 2.17. The van der Waals surface area contributed by atoms with Gasteiger partial charge in [0.15, 0.2) is 5.82 Å². The van der Waals surface area contributed by atoms with E-state index >= 15 is 0 Å². The third kappa shape index (κ3) is 2.67. The molecule has 6 nitrogen and oxygen atoms in total. The van der Waals surface area contributed by atoms with Gasteiger partial charge in [-0.2, -0.15) is 0 Å². The SMILES string of the molecule is COC(=O)c1cnc(-c2ccncc2)nc1N(C)C. The highest BCUT2D eigenvalue weighted by Crippen LogP contribution is 2.21. The van der Waals surface area contributed by atoms with Crippen molar-refractivity contribution in [3.8, 4) is 11.4 Å². The number of ether oxygens (including phenoxy) is 1. The molecule has 98 valence electrons. The van der Waals surface area contributed by atoms with Crippen molar-refractivity contribution in [2.75, 3.05) is 26.1 Å². The summed E-state index contributed by atoms with van der Waals surface area (Å²) < 4.78 is 4.72. The summed E-state index contributed by atoms with van der Waals surface area (Å²) in [6.45, 7) is 0. The zero-order chi connectivity index (χ0) is 13.8. The molecule has 0 aliphatic rings. The van der Waals surface area contributed by atoms with E-state index in [1.165, 1.54) is 13.3 Å². The van der Waals surface area contributed by atoms with Crippen LogP contribution in [-0.2, 0) is 4.74 Å². The van der Waals surface area contributed by atoms with Crippen molar-refractivity contribution in [2.24, 2.45) is 0 Å². The molecule has 0 bridgehead atoms. The van der Waals surface area contributed by atoms with Crippen LogP contribution in [0.25, 0.3) is 11.4 Å². The van der Waals surface area contributed by atoms with Gasteiger partial charge in [-0.05, 0) is 12.1 Å². The molecule has 0 spiro atoms. The van der Waals surface area contributed by atoms with Crippen molar-refractivity contribution < 1.29 is 9.53 Å². The van der Waals surface area contributed by atoms with Gasteiger partial charge in [0.25, 0.3) is 0 Å². The summed E-state index contributed by atoms with van der Waals surface area (Å²) in [5.74, 6) is 0.609. The zero-order valence-corrected chi connectivity index (χ0v) is 11.0. The fraction of sp³-hybridized carbons (Fsp3) is 0.231. The fourth-order valence-electron chi connectivity index (χ4n) is 1.61. The van der Waals surface area contributed by atoms with Crippen LogP contribution in [0.2, 0.25) is 0 Å². The topological polar surface area (TPSA) is 68.2 Å². The van der Waals surface area contributed by atoms with Crippen LogP contribution in [0, 0.1) is 0 Å². The molecule has 0 amide bonds. The van der Waals surface area contributed by atoms with Crippen LogP contribution in [0.3, 0.4) is 0 Å². The van der Waals surface area contributed by atoms with Crippen LogP contribution in [0.4, 0.5) is 5.82 Å². The number of nitrogens with zero attached hydrogens (tertiary/aromatic N) is 4. The largest absolute Gasteiger partial charge is 0.465 e. The highest BCUT2D eigenvalue weighted by molar-refractivity contribution is 5.94. The van der Waals surface area contributed by atoms with Crippen LogP contribution in [-0.4, -0.2) is 42.1 Å². The van der Waals surface area contributed by atoms with Crippen molar-refractivity contribution in [3.63, 3.8) is 0 Å². The first-order chi connectivity index (χ1) is 9.13. The van der Waals surface area contributed by atoms with Crippen molar-refractivity contribution in [2.45, 2.75) is 0 Å². The van der Waals surface area contributed by atoms with Gasteiger partial charge >= 0.3 is 5.97 Å². The van der Waals surface area contributed by atoms with Crippen molar-refractivity contribution >= 4 is 11.8 Å². The van der Waals surface area contributed by atoms with Gasteiger partial charge in [0.2, 0.25) is 0 Å². The van der Waals surface area contributed by atoms with Crippen molar-refractivity contribution in [1.29, 1.82) is 0 Å². The molecule has 2 aromatic heterocycles. The molecule has 2 rings (SSSR count). The molecule has 0 fully saturated rings. The van der Waals surface area contributed by atoms with Gasteiger partial charge in [-0.3, -0.25) is 4.98 Å². The van der Waals surface area contributed by atoms with Gasteiger partial charge < -0.3 is 9.64 Å². The van der Waals surface area contributed by atoms with E-state index in [1.807, 2.05) is 26.2 Å². The maximum Gasteiger partial charge on any atom is 0.343 e. The van der Waals surface area contributed by atoms with Gasteiger partial charge in [0.05, 0.1) is 7.11 Å². The van der Waals surface area contributed by atoms with E-state index in [1.54, 1.807) is 17.3 Å². The Kier molecular flexibility index (Phi) is 3.70. The number of esters is 1. The average Bonchev–Trinajstić information content (AvgIpc) is 2.46. The van der Waals surface area contributed by atoms with Gasteiger partial charge in [-0.1, -0.05) is 0 Å². The Hall–Kier alpha value is -2.50. The van der Waals surface area contributed by atoms with E-state index in [0.29, 0.717) is 17.2 Å². The minimum atomic E-state index is -0.454. The van der Waals surface area contributed by atoms with E-state index in [9.17, 15) is 4.79 Å². The maximum absolute atomic E-state index is 11.6. The highest BCUT2D eigenvalue weighted by atomic mass is 16.5. The minimum Gasteiger partial charge on any atom is -0.465 e. The lowest BCUT2D eigenvalue weighted by Crippen LogP contribution is -2.17. The normalized spacial score (nSPS) is 10.1. The summed E-state index contributed by atoms with van der Waals surface area (Å²) in [6.07, 6.45) is 4.81. The Bertz CT molecular complexity index is 584. The average molecular weight is 258 g/mol. The lowest BCUT2D eigenvalue weighted by molar-refractivity contribution is 0.0600. The number of anilines is 1. The van der Waals surface area contributed by atoms with Crippen molar-refractivity contribution in [3.05, 3.63) is 36.3 Å². The summed E-state index contributed by atoms with van der Waals surface area (Å²) in [7, 11) is 4.95. The quantitative estimate of drug-likeness (QED) is 0.775. The molecule has 19 heavy (non-hydrogen) atoms. The number of carbonyl (C=O) groups excluding carboxylic acids is 1. The molecule has 2 aromatic rings. The second-order valence-electron chi connectivity index (χ2n) is 4.05. The molecule has 0 radical (unpaired) electrons. The Morgan fingerprint density at radius 2 is 1.95 bits per heavy atom. The summed E-state index contributed by atoms with van der Waals surface area (Å²) in [4.78, 5) is 25.9. The van der Waals surface area contributed by atoms with Gasteiger partial charge in [-0.25, -0.2) is 14.8 Å². The second-order valence-corrected chi connectivity index (χ2v) is 4.05. The molecule has 0 aliphatic carbocycles. The van der Waals surface area contributed by atoms with E-state index < -0.39 is 5.97 Å². The number of carbonyl (C=O) groups is 1. The summed E-state index contributed by atoms with van der Waals surface area (Å²) in [5.41, 5.74) is 1.18. The molecular weight excluding hydrogens is 244 g/mol. The maximum atomic E-state index is 11.6. The number of rotatable bonds is 3. The summed E-state index contributed by atoms with van der Waals surface area (Å²) >= 11 is 0. The lowest BCUT2D eigenvalue weighted by atomic mass is 10.2. The molecule has 0 aliphatic heterocycles. The van der Waals surface area contributed by atoms with Crippen LogP contribution in [0.15, 0.2) is 30.7 Å². The molecule has 0 saturated heterocycles. The van der Waals surface area contributed by atoms with E-state index in [4.69, 9.17) is 4.74 Å². The molecule has 0 saturated carbocycles. The second kappa shape index (κ2) is 5.43. The Morgan fingerprint density at radius 1 is 1.26 bits per heavy atom. The molecule has 6 heteroatoms. The Labute approximate surface area is 111 Å². The molecule has 0 atom stereocenters. The molecule has 0 N–H and O–H groups in total. The number of hydrogen-bond acceptors (Lipinski definition) is 6. The van der Waals surface area contributed by atoms with Gasteiger partial charge in [-0.15, -0.1) is 0 Å². The fourth-order valence-corrected chi connectivity index (χ4v) is 1.61. The van der Waals surface area contributed by atoms with Gasteiger partial charge in [0, 0.05) is 38.2 Å². The number of pyridine rings is 1. The van der Waals surface area contributed by atoms with Crippen LogP contribution in [0.5, 0.6) is 0 Å². The van der Waals surface area contributed by atoms with Gasteiger partial charge in [0.1, 0.15) is 11.4 Å². The first-order valence-corrected chi connectivity index (χ1v) is 5.66. The smallest absolute Gasteiger partial charge is 0.343 e. The lowest BCUT2D eigenvalue weighted by Gasteiger charge is -2.15. The van der Waals surface area contributed by atoms with Crippen LogP contribution in [0.1, 0.15) is 10.4 Å². The minimum absolute atomic E-state index is 0.338. The van der Waals surface area contributed by atoms with E-state index in [-0.39, 0.29) is 0 Å². The summed E-state index contributed by atoms with van der Waals surface area (Å²) in [6, 6.07) is 3.62. The third-order valence-electron chi connectivity index (χ3n) is 2.54. The number of methoxy groups -OCH3 is 1. The summed E-state index contributed by atoms with van der Waals surface area (Å²) in [5, 5.41) is 0. The first kappa shape index (κ1) is 12.9. The van der Waals surface area contributed by atoms with E-state index in [0.717, 1.165) is 5.56 Å². The van der Waals surface area contributed by atoms with Crippen LogP contribution < -0.4 is 4.90 Å². The van der Waals surface area contributed by atoms with Crippen LogP contribution >= 0.6 is 0 Å². The molecule has 0 unspecified atom stereocenters. The molecule has 0 aromatic carbocycles. The Morgan fingerprint density at radius 3 is 2.53 bits per heavy atom. The third-order valence-corrected chi connectivity index (χ3v) is 2.54. The van der Waals surface area contributed by atoms with E-state index in [2.05, 4.69) is 15.0 Å². The predicted molar refractivity (Wildman–Crippen MR) is 70.9 cm³/mol. The zero-order valence-electron chi connectivity index (χ0n) is 11.0. The predicted octanol–water partition coefficient (Wildman–Crippen LogP) is 1.39. The standard InChI is InChI=1S/C13H14N4O2/c1-17(2)12-10(13(18)19-3)8-15-11(16-12)9-4-6-14-7-5-9/h4-8H,1-3H3. The Balaban J connectivity index is 2.51. The first-order valence-electron chi connectivity index (χ1n) is 5.66. The monoisotopic (exact) mass is 258 g/mol.